The van der Waals surface area contributed by atoms with E-state index < -0.39 is 0 Å². The first kappa shape index (κ1) is 11.7. The lowest BCUT2D eigenvalue weighted by Gasteiger charge is -2.05. The molecule has 0 bridgehead atoms. The molecule has 3 rings (SSSR count). The molecule has 98 valence electrons. The zero-order valence-electron chi connectivity index (χ0n) is 11.0. The van der Waals surface area contributed by atoms with E-state index in [9.17, 15) is 0 Å². The summed E-state index contributed by atoms with van der Waals surface area (Å²) < 4.78 is 3.80. The molecule has 1 N–H and O–H groups in total. The number of nitrogens with one attached hydrogen (secondary N) is 1. The van der Waals surface area contributed by atoms with Gasteiger partial charge in [-0.1, -0.05) is 0 Å². The topological polar surface area (TPSA) is 60.6 Å². The molecule has 0 saturated carbocycles. The fourth-order valence-corrected chi connectivity index (χ4v) is 2.12. The summed E-state index contributed by atoms with van der Waals surface area (Å²) in [5.41, 5.74) is 3.21. The summed E-state index contributed by atoms with van der Waals surface area (Å²) in [4.78, 5) is 8.72. The summed E-state index contributed by atoms with van der Waals surface area (Å²) in [6.07, 6.45) is 8.43. The third kappa shape index (κ3) is 2.29. The average molecular weight is 256 g/mol. The summed E-state index contributed by atoms with van der Waals surface area (Å²) >= 11 is 0. The minimum atomic E-state index is 0.814. The first-order valence-corrected chi connectivity index (χ1v) is 6.21. The predicted octanol–water partition coefficient (Wildman–Crippen LogP) is 1.36. The van der Waals surface area contributed by atoms with Crippen molar-refractivity contribution in [1.82, 2.24) is 24.3 Å². The van der Waals surface area contributed by atoms with Gasteiger partial charge in [0.25, 0.3) is 0 Å². The molecule has 0 aliphatic heterocycles. The largest absolute Gasteiger partial charge is 0.368 e. The van der Waals surface area contributed by atoms with Crippen molar-refractivity contribution in [3.05, 3.63) is 36.5 Å². The summed E-state index contributed by atoms with van der Waals surface area (Å²) in [7, 11) is 3.90. The van der Waals surface area contributed by atoms with Crippen LogP contribution >= 0.6 is 0 Å². The van der Waals surface area contributed by atoms with Gasteiger partial charge in [-0.05, 0) is 18.1 Å². The number of rotatable bonds is 4. The van der Waals surface area contributed by atoms with E-state index in [4.69, 9.17) is 0 Å². The first-order valence-electron chi connectivity index (χ1n) is 6.21. The van der Waals surface area contributed by atoms with E-state index >= 15 is 0 Å². The average Bonchev–Trinajstić information content (AvgIpc) is 2.98. The molecule has 0 amide bonds. The van der Waals surface area contributed by atoms with Crippen LogP contribution in [0.25, 0.3) is 11.0 Å². The normalized spacial score (nSPS) is 11.1. The molecule has 0 unspecified atom stereocenters. The Morgan fingerprint density at radius 1 is 1.26 bits per heavy atom. The summed E-state index contributed by atoms with van der Waals surface area (Å²) in [5.74, 6) is 0.835. The Hall–Kier alpha value is -2.37. The molecule has 0 atom stereocenters. The molecule has 3 aromatic rings. The molecule has 0 aliphatic rings. The molecule has 0 aromatic carbocycles. The SMILES string of the molecule is Cn1cc(CCNc2nccc3c2ncn3C)cn1. The smallest absolute Gasteiger partial charge is 0.154 e. The molecule has 0 aliphatic carbocycles. The van der Waals surface area contributed by atoms with Crippen LogP contribution in [0, 0.1) is 0 Å². The molecular weight excluding hydrogens is 240 g/mol. The molecule has 19 heavy (non-hydrogen) atoms. The van der Waals surface area contributed by atoms with Gasteiger partial charge in [0, 0.05) is 33.0 Å². The minimum absolute atomic E-state index is 0.814. The van der Waals surface area contributed by atoms with E-state index in [2.05, 4.69) is 20.4 Å². The van der Waals surface area contributed by atoms with Crippen molar-refractivity contribution in [1.29, 1.82) is 0 Å². The van der Waals surface area contributed by atoms with Crippen molar-refractivity contribution < 1.29 is 0 Å². The molecule has 6 heteroatoms. The van der Waals surface area contributed by atoms with E-state index in [0.29, 0.717) is 0 Å². The second-order valence-electron chi connectivity index (χ2n) is 4.58. The van der Waals surface area contributed by atoms with Crippen LogP contribution in [0.4, 0.5) is 5.82 Å². The fourth-order valence-electron chi connectivity index (χ4n) is 2.12. The molecule has 3 heterocycles. The van der Waals surface area contributed by atoms with Crippen molar-refractivity contribution in [3.63, 3.8) is 0 Å². The zero-order valence-corrected chi connectivity index (χ0v) is 11.0. The summed E-state index contributed by atoms with van der Waals surface area (Å²) in [6, 6.07) is 1.97. The number of anilines is 1. The maximum atomic E-state index is 4.37. The lowest BCUT2D eigenvalue weighted by molar-refractivity contribution is 0.767. The highest BCUT2D eigenvalue weighted by Crippen LogP contribution is 2.18. The molecule has 3 aromatic heterocycles. The van der Waals surface area contributed by atoms with Gasteiger partial charge in [0.1, 0.15) is 5.52 Å². The third-order valence-corrected chi connectivity index (χ3v) is 3.11. The van der Waals surface area contributed by atoms with Gasteiger partial charge in [-0.3, -0.25) is 4.68 Å². The van der Waals surface area contributed by atoms with Gasteiger partial charge in [-0.2, -0.15) is 5.10 Å². The van der Waals surface area contributed by atoms with Gasteiger partial charge < -0.3 is 9.88 Å². The third-order valence-electron chi connectivity index (χ3n) is 3.11. The Labute approximate surface area is 111 Å². The van der Waals surface area contributed by atoms with Gasteiger partial charge in [0.15, 0.2) is 5.82 Å². The summed E-state index contributed by atoms with van der Waals surface area (Å²) in [5, 5.41) is 7.49. The Bertz CT molecular complexity index is 696. The van der Waals surface area contributed by atoms with E-state index in [1.807, 2.05) is 41.8 Å². The van der Waals surface area contributed by atoms with Gasteiger partial charge in [-0.25, -0.2) is 9.97 Å². The van der Waals surface area contributed by atoms with Gasteiger partial charge in [-0.15, -0.1) is 0 Å². The number of aryl methyl sites for hydroxylation is 2. The monoisotopic (exact) mass is 256 g/mol. The number of nitrogens with zero attached hydrogens (tertiary/aromatic N) is 5. The van der Waals surface area contributed by atoms with Gasteiger partial charge in [0.05, 0.1) is 18.0 Å². The van der Waals surface area contributed by atoms with Crippen LogP contribution in [0.5, 0.6) is 0 Å². The van der Waals surface area contributed by atoms with Crippen molar-refractivity contribution in [2.75, 3.05) is 11.9 Å². The van der Waals surface area contributed by atoms with Crippen LogP contribution in [-0.4, -0.2) is 30.9 Å². The standard InChI is InChI=1S/C13H16N6/c1-18-9-16-12-11(18)4-6-15-13(12)14-5-3-10-7-17-19(2)8-10/h4,6-9H,3,5H2,1-2H3,(H,14,15). The Kier molecular flexibility index (Phi) is 2.91. The van der Waals surface area contributed by atoms with E-state index in [0.717, 1.165) is 29.8 Å². The molecule has 0 spiro atoms. The highest BCUT2D eigenvalue weighted by molar-refractivity contribution is 5.85. The quantitative estimate of drug-likeness (QED) is 0.765. The highest BCUT2D eigenvalue weighted by atomic mass is 15.2. The van der Waals surface area contributed by atoms with Crippen LogP contribution in [-0.2, 0) is 20.5 Å². The van der Waals surface area contributed by atoms with Crippen LogP contribution < -0.4 is 5.32 Å². The minimum Gasteiger partial charge on any atom is -0.368 e. The predicted molar refractivity (Wildman–Crippen MR) is 73.9 cm³/mol. The maximum absolute atomic E-state index is 4.37. The highest BCUT2D eigenvalue weighted by Gasteiger charge is 2.06. The van der Waals surface area contributed by atoms with E-state index in [1.165, 1.54) is 5.56 Å². The number of fused-ring (bicyclic) bond motifs is 1. The van der Waals surface area contributed by atoms with Crippen LogP contribution in [0.3, 0.4) is 0 Å². The van der Waals surface area contributed by atoms with Crippen LogP contribution in [0.2, 0.25) is 0 Å². The number of hydrogen-bond acceptors (Lipinski definition) is 4. The number of aromatic nitrogens is 5. The molecule has 6 nitrogen and oxygen atoms in total. The number of imidazole rings is 1. The van der Waals surface area contributed by atoms with Gasteiger partial charge >= 0.3 is 0 Å². The number of hydrogen-bond donors (Lipinski definition) is 1. The van der Waals surface area contributed by atoms with Crippen molar-refractivity contribution in [3.8, 4) is 0 Å². The van der Waals surface area contributed by atoms with Crippen molar-refractivity contribution >= 4 is 16.9 Å². The number of pyridine rings is 1. The van der Waals surface area contributed by atoms with Crippen LogP contribution in [0.15, 0.2) is 31.0 Å². The maximum Gasteiger partial charge on any atom is 0.154 e. The Morgan fingerprint density at radius 3 is 2.95 bits per heavy atom. The second kappa shape index (κ2) is 4.72. The van der Waals surface area contributed by atoms with E-state index in [1.54, 1.807) is 12.5 Å². The van der Waals surface area contributed by atoms with Crippen molar-refractivity contribution in [2.45, 2.75) is 6.42 Å². The van der Waals surface area contributed by atoms with Crippen LogP contribution in [0.1, 0.15) is 5.56 Å². The molecular formula is C13H16N6. The lowest BCUT2D eigenvalue weighted by Crippen LogP contribution is -2.06. The Morgan fingerprint density at radius 2 is 2.16 bits per heavy atom. The van der Waals surface area contributed by atoms with Crippen molar-refractivity contribution in [2.24, 2.45) is 14.1 Å². The molecule has 0 radical (unpaired) electrons. The molecule has 0 saturated heterocycles. The zero-order chi connectivity index (χ0) is 13.2. The lowest BCUT2D eigenvalue weighted by atomic mass is 10.2. The fraction of sp³-hybridized carbons (Fsp3) is 0.308. The second-order valence-corrected chi connectivity index (χ2v) is 4.58. The van der Waals surface area contributed by atoms with Gasteiger partial charge in [0.2, 0.25) is 0 Å². The Balaban J connectivity index is 1.71. The first-order chi connectivity index (χ1) is 9.24. The summed E-state index contributed by atoms with van der Waals surface area (Å²) in [6.45, 7) is 0.814. The molecule has 0 fully saturated rings. The van der Waals surface area contributed by atoms with E-state index in [-0.39, 0.29) is 0 Å².